The molecule has 1 aromatic carbocycles. The monoisotopic (exact) mass is 271 g/mol. The van der Waals surface area contributed by atoms with Crippen molar-refractivity contribution in [2.75, 3.05) is 0 Å². The predicted molar refractivity (Wildman–Crippen MR) is 64.0 cm³/mol. The molecule has 5 nitrogen and oxygen atoms in total. The van der Waals surface area contributed by atoms with E-state index in [0.717, 1.165) is 11.8 Å². The Balaban J connectivity index is 3.40. The van der Waals surface area contributed by atoms with Crippen LogP contribution < -0.4 is 5.14 Å². The van der Waals surface area contributed by atoms with Crippen molar-refractivity contribution in [3.05, 3.63) is 18.2 Å². The molecule has 0 aliphatic heterocycles. The Morgan fingerprint density at radius 3 is 2.69 bits per heavy atom. The molecule has 0 unspecified atom stereocenters. The van der Waals surface area contributed by atoms with E-state index in [1.165, 1.54) is 18.2 Å². The first-order valence-electron chi connectivity index (χ1n) is 3.79. The second-order valence-electron chi connectivity index (χ2n) is 2.57. The summed E-state index contributed by atoms with van der Waals surface area (Å²) in [5, 5.41) is 17.5. The first-order chi connectivity index (χ1) is 7.49. The third-order valence-electron chi connectivity index (χ3n) is 1.58. The van der Waals surface area contributed by atoms with E-state index in [9.17, 15) is 8.42 Å². The fourth-order valence-electron chi connectivity index (χ4n) is 0.944. The number of isothiocyanates is 1. The molecule has 0 amide bonds. The average Bonchev–Trinajstić information content (AvgIpc) is 2.19. The van der Waals surface area contributed by atoms with Crippen LogP contribution in [0.4, 0.5) is 5.69 Å². The molecule has 16 heavy (non-hydrogen) atoms. The number of benzene rings is 1. The Morgan fingerprint density at radius 2 is 2.19 bits per heavy atom. The molecule has 0 aliphatic rings. The van der Waals surface area contributed by atoms with Crippen LogP contribution in [-0.4, -0.2) is 13.6 Å². The van der Waals surface area contributed by atoms with Crippen LogP contribution >= 0.6 is 24.0 Å². The number of thiocyanates is 1. The van der Waals surface area contributed by atoms with Gasteiger partial charge in [0.15, 0.2) is 0 Å². The molecular weight excluding hydrogens is 266 g/mol. The molecule has 1 rings (SSSR count). The van der Waals surface area contributed by atoms with Gasteiger partial charge in [0.05, 0.1) is 20.6 Å². The maximum atomic E-state index is 11.1. The number of sulfonamides is 1. The summed E-state index contributed by atoms with van der Waals surface area (Å²) in [7, 11) is -3.79. The fourth-order valence-corrected chi connectivity index (χ4v) is 2.16. The van der Waals surface area contributed by atoms with Gasteiger partial charge in [-0.3, -0.25) is 0 Å². The average molecular weight is 271 g/mol. The highest BCUT2D eigenvalue weighted by atomic mass is 32.2. The van der Waals surface area contributed by atoms with Crippen LogP contribution in [0, 0.1) is 10.7 Å². The standard InChI is InChI=1S/C8H5N3O2S3/c9-4-15-8-3-6(16(10,12)13)1-2-7(8)11-5-14/h1-3H,(H2,10,12,13). The van der Waals surface area contributed by atoms with Crippen LogP contribution in [0.1, 0.15) is 0 Å². The highest BCUT2D eigenvalue weighted by molar-refractivity contribution is 8.03. The molecule has 2 N–H and O–H groups in total. The molecule has 0 aliphatic carbocycles. The quantitative estimate of drug-likeness (QED) is 0.390. The number of primary sulfonamides is 1. The Morgan fingerprint density at radius 1 is 1.50 bits per heavy atom. The van der Waals surface area contributed by atoms with E-state index >= 15 is 0 Å². The third kappa shape index (κ3) is 3.13. The van der Waals surface area contributed by atoms with Gasteiger partial charge in [-0.25, -0.2) is 13.6 Å². The first-order valence-corrected chi connectivity index (χ1v) is 6.57. The summed E-state index contributed by atoms with van der Waals surface area (Å²) in [5.41, 5.74) is 0.383. The minimum atomic E-state index is -3.79. The number of thioether (sulfide) groups is 1. The number of hydrogen-bond acceptors (Lipinski definition) is 6. The van der Waals surface area contributed by atoms with Crippen LogP contribution in [0.2, 0.25) is 0 Å². The minimum Gasteiger partial charge on any atom is -0.225 e. The first kappa shape index (κ1) is 12.8. The van der Waals surface area contributed by atoms with Crippen molar-refractivity contribution in [1.82, 2.24) is 0 Å². The Bertz CT molecular complexity index is 597. The summed E-state index contributed by atoms with van der Waals surface area (Å²) < 4.78 is 22.2. The zero-order valence-electron chi connectivity index (χ0n) is 7.75. The summed E-state index contributed by atoms with van der Waals surface area (Å²) in [4.78, 5) is 4.00. The molecule has 0 aromatic heterocycles. The molecule has 0 spiro atoms. The van der Waals surface area contributed by atoms with Crippen molar-refractivity contribution >= 4 is 44.9 Å². The molecule has 82 valence electrons. The lowest BCUT2D eigenvalue weighted by Gasteiger charge is -2.02. The molecule has 0 heterocycles. The van der Waals surface area contributed by atoms with E-state index in [-0.39, 0.29) is 4.90 Å². The summed E-state index contributed by atoms with van der Waals surface area (Å²) in [6, 6.07) is 3.98. The van der Waals surface area contributed by atoms with Gasteiger partial charge in [0.1, 0.15) is 5.40 Å². The molecule has 0 bridgehead atoms. The van der Waals surface area contributed by atoms with Crippen molar-refractivity contribution in [3.8, 4) is 5.40 Å². The zero-order chi connectivity index (χ0) is 12.2. The van der Waals surface area contributed by atoms with Gasteiger partial charge >= 0.3 is 0 Å². The van der Waals surface area contributed by atoms with Crippen molar-refractivity contribution in [2.24, 2.45) is 10.1 Å². The van der Waals surface area contributed by atoms with E-state index in [2.05, 4.69) is 22.4 Å². The Labute approximate surface area is 102 Å². The van der Waals surface area contributed by atoms with Gasteiger partial charge < -0.3 is 0 Å². The smallest absolute Gasteiger partial charge is 0.225 e. The highest BCUT2D eigenvalue weighted by Crippen LogP contribution is 2.30. The molecule has 0 saturated heterocycles. The molecule has 0 atom stereocenters. The maximum absolute atomic E-state index is 11.1. The molecule has 1 aromatic rings. The zero-order valence-corrected chi connectivity index (χ0v) is 10.2. The molecule has 0 saturated carbocycles. The normalized spacial score (nSPS) is 10.2. The van der Waals surface area contributed by atoms with E-state index in [1.807, 2.05) is 5.40 Å². The summed E-state index contributed by atoms with van der Waals surface area (Å²) in [6.45, 7) is 0. The van der Waals surface area contributed by atoms with E-state index in [1.54, 1.807) is 0 Å². The highest BCUT2D eigenvalue weighted by Gasteiger charge is 2.11. The lowest BCUT2D eigenvalue weighted by molar-refractivity contribution is 0.597. The van der Waals surface area contributed by atoms with Gasteiger partial charge in [0, 0.05) is 0 Å². The fraction of sp³-hybridized carbons (Fsp3) is 0. The van der Waals surface area contributed by atoms with Crippen molar-refractivity contribution < 1.29 is 8.42 Å². The molecule has 0 radical (unpaired) electrons. The van der Waals surface area contributed by atoms with Gasteiger partial charge in [0.25, 0.3) is 0 Å². The van der Waals surface area contributed by atoms with Crippen molar-refractivity contribution in [3.63, 3.8) is 0 Å². The van der Waals surface area contributed by atoms with Crippen LogP contribution in [-0.2, 0) is 10.0 Å². The van der Waals surface area contributed by atoms with Crippen LogP contribution in [0.3, 0.4) is 0 Å². The van der Waals surface area contributed by atoms with Gasteiger partial charge in [-0.2, -0.15) is 10.3 Å². The Kier molecular flexibility index (Phi) is 4.18. The maximum Gasteiger partial charge on any atom is 0.238 e. The van der Waals surface area contributed by atoms with Crippen molar-refractivity contribution in [1.29, 1.82) is 5.26 Å². The van der Waals surface area contributed by atoms with Crippen molar-refractivity contribution in [2.45, 2.75) is 9.79 Å². The number of rotatable bonds is 3. The van der Waals surface area contributed by atoms with Crippen LogP contribution in [0.5, 0.6) is 0 Å². The van der Waals surface area contributed by atoms with Gasteiger partial charge in [-0.1, -0.05) is 0 Å². The second-order valence-corrected chi connectivity index (χ2v) is 5.14. The van der Waals surface area contributed by atoms with Gasteiger partial charge in [-0.05, 0) is 42.2 Å². The lowest BCUT2D eigenvalue weighted by Crippen LogP contribution is -2.11. The third-order valence-corrected chi connectivity index (χ3v) is 3.22. The van der Waals surface area contributed by atoms with Crippen LogP contribution in [0.25, 0.3) is 0 Å². The van der Waals surface area contributed by atoms with Crippen LogP contribution in [0.15, 0.2) is 33.0 Å². The number of nitriles is 1. The van der Waals surface area contributed by atoms with Gasteiger partial charge in [-0.15, -0.1) is 0 Å². The number of hydrogen-bond donors (Lipinski definition) is 1. The molecule has 8 heteroatoms. The largest absolute Gasteiger partial charge is 0.238 e. The van der Waals surface area contributed by atoms with E-state index in [0.29, 0.717) is 10.6 Å². The van der Waals surface area contributed by atoms with E-state index < -0.39 is 10.0 Å². The molecular formula is C8H5N3O2S3. The second kappa shape index (κ2) is 5.21. The van der Waals surface area contributed by atoms with E-state index in [4.69, 9.17) is 10.4 Å². The number of aliphatic imine (C=N–C) groups is 1. The lowest BCUT2D eigenvalue weighted by atomic mass is 10.3. The number of thiocarbonyl (C=S) groups is 1. The Hall–Kier alpha value is -1.23. The van der Waals surface area contributed by atoms with Gasteiger partial charge in [0.2, 0.25) is 10.0 Å². The minimum absolute atomic E-state index is 0.0754. The summed E-state index contributed by atoms with van der Waals surface area (Å²) >= 11 is 5.21. The topological polar surface area (TPSA) is 96.3 Å². The summed E-state index contributed by atoms with van der Waals surface area (Å²) in [5.74, 6) is 0. The SMILES string of the molecule is N#CSc1cc(S(N)(=O)=O)ccc1N=C=S. The molecule has 0 fully saturated rings. The summed E-state index contributed by atoms with van der Waals surface area (Å²) in [6.07, 6.45) is 0. The number of nitrogens with two attached hydrogens (primary N) is 1. The predicted octanol–water partition coefficient (Wildman–Crippen LogP) is 1.64. The number of nitrogens with zero attached hydrogens (tertiary/aromatic N) is 2.